The van der Waals surface area contributed by atoms with E-state index in [-0.39, 0.29) is 6.10 Å². The topological polar surface area (TPSA) is 44.5 Å². The maximum absolute atomic E-state index is 5.62. The first-order chi connectivity index (χ1) is 6.88. The van der Waals surface area contributed by atoms with Crippen LogP contribution in [0.2, 0.25) is 0 Å². The molecule has 0 fully saturated rings. The molecule has 0 amide bonds. The minimum atomic E-state index is 0.0236. The lowest BCUT2D eigenvalue weighted by Gasteiger charge is -2.14. The van der Waals surface area contributed by atoms with Crippen molar-refractivity contribution in [2.45, 2.75) is 13.0 Å². The van der Waals surface area contributed by atoms with Gasteiger partial charge in [0.1, 0.15) is 6.10 Å². The van der Waals surface area contributed by atoms with Crippen LogP contribution in [0.1, 0.15) is 17.9 Å². The average Bonchev–Trinajstić information content (AvgIpc) is 2.71. The SMILES string of the molecule is CCOCCOC(CN)c1cccs1. The molecule has 1 atom stereocenters. The van der Waals surface area contributed by atoms with E-state index in [4.69, 9.17) is 15.2 Å². The molecule has 2 N–H and O–H groups in total. The van der Waals surface area contributed by atoms with Crippen LogP contribution in [-0.2, 0) is 9.47 Å². The van der Waals surface area contributed by atoms with Crippen molar-refractivity contribution < 1.29 is 9.47 Å². The van der Waals surface area contributed by atoms with Crippen molar-refractivity contribution in [2.24, 2.45) is 5.73 Å². The van der Waals surface area contributed by atoms with E-state index < -0.39 is 0 Å². The van der Waals surface area contributed by atoms with Crippen molar-refractivity contribution in [2.75, 3.05) is 26.4 Å². The van der Waals surface area contributed by atoms with Gasteiger partial charge in [0.05, 0.1) is 13.2 Å². The number of thiophene rings is 1. The predicted molar refractivity (Wildman–Crippen MR) is 58.6 cm³/mol. The Morgan fingerprint density at radius 1 is 1.50 bits per heavy atom. The summed E-state index contributed by atoms with van der Waals surface area (Å²) in [6.45, 7) is 4.47. The van der Waals surface area contributed by atoms with Crippen molar-refractivity contribution in [3.05, 3.63) is 22.4 Å². The van der Waals surface area contributed by atoms with E-state index in [1.54, 1.807) is 11.3 Å². The van der Waals surface area contributed by atoms with Crippen molar-refractivity contribution >= 4 is 11.3 Å². The van der Waals surface area contributed by atoms with E-state index in [2.05, 4.69) is 0 Å². The molecule has 80 valence electrons. The molecule has 0 saturated heterocycles. The highest BCUT2D eigenvalue weighted by Crippen LogP contribution is 2.20. The van der Waals surface area contributed by atoms with Gasteiger partial charge in [-0.1, -0.05) is 6.07 Å². The fraction of sp³-hybridized carbons (Fsp3) is 0.600. The molecule has 1 aromatic heterocycles. The minimum Gasteiger partial charge on any atom is -0.379 e. The maximum atomic E-state index is 5.62. The highest BCUT2D eigenvalue weighted by molar-refractivity contribution is 7.10. The molecule has 14 heavy (non-hydrogen) atoms. The van der Waals surface area contributed by atoms with E-state index in [9.17, 15) is 0 Å². The second-order valence-corrected chi connectivity index (χ2v) is 3.79. The van der Waals surface area contributed by atoms with E-state index in [0.717, 1.165) is 6.61 Å². The number of hydrogen-bond donors (Lipinski definition) is 1. The van der Waals surface area contributed by atoms with Gasteiger partial charge in [-0.05, 0) is 18.4 Å². The minimum absolute atomic E-state index is 0.0236. The number of ether oxygens (including phenoxy) is 2. The quantitative estimate of drug-likeness (QED) is 0.705. The summed E-state index contributed by atoms with van der Waals surface area (Å²) in [5, 5.41) is 2.03. The summed E-state index contributed by atoms with van der Waals surface area (Å²) >= 11 is 1.67. The van der Waals surface area contributed by atoms with Crippen molar-refractivity contribution in [3.63, 3.8) is 0 Å². The molecule has 0 aliphatic carbocycles. The molecule has 0 spiro atoms. The molecule has 1 aromatic rings. The highest BCUT2D eigenvalue weighted by atomic mass is 32.1. The molecule has 0 bridgehead atoms. The molecule has 1 unspecified atom stereocenters. The Hall–Kier alpha value is -0.420. The van der Waals surface area contributed by atoms with Crippen LogP contribution in [0, 0.1) is 0 Å². The molecule has 0 aliphatic heterocycles. The van der Waals surface area contributed by atoms with Gasteiger partial charge in [-0.15, -0.1) is 11.3 Å². The van der Waals surface area contributed by atoms with Gasteiger partial charge in [-0.25, -0.2) is 0 Å². The summed E-state index contributed by atoms with van der Waals surface area (Å²) in [5.41, 5.74) is 5.62. The lowest BCUT2D eigenvalue weighted by molar-refractivity contribution is 0.0119. The summed E-state index contributed by atoms with van der Waals surface area (Å²) in [4.78, 5) is 1.18. The Morgan fingerprint density at radius 3 is 2.93 bits per heavy atom. The normalized spacial score (nSPS) is 13.0. The fourth-order valence-corrected chi connectivity index (χ4v) is 1.92. The van der Waals surface area contributed by atoms with Crippen LogP contribution < -0.4 is 5.73 Å². The molecule has 3 nitrogen and oxygen atoms in total. The van der Waals surface area contributed by atoms with Crippen molar-refractivity contribution in [1.29, 1.82) is 0 Å². The zero-order valence-electron chi connectivity index (χ0n) is 8.44. The predicted octanol–water partition coefficient (Wildman–Crippen LogP) is 1.80. The lowest BCUT2D eigenvalue weighted by Crippen LogP contribution is -2.17. The molecule has 1 rings (SSSR count). The Labute approximate surface area is 88.8 Å². The molecular formula is C10H17NO2S. The first-order valence-electron chi connectivity index (χ1n) is 4.81. The van der Waals surface area contributed by atoms with Crippen LogP contribution in [0.3, 0.4) is 0 Å². The third-order valence-electron chi connectivity index (χ3n) is 1.83. The summed E-state index contributed by atoms with van der Waals surface area (Å²) in [7, 11) is 0. The van der Waals surface area contributed by atoms with Gasteiger partial charge in [-0.3, -0.25) is 0 Å². The van der Waals surface area contributed by atoms with Gasteiger partial charge in [0.15, 0.2) is 0 Å². The Morgan fingerprint density at radius 2 is 2.36 bits per heavy atom. The molecule has 0 radical (unpaired) electrons. The van der Waals surface area contributed by atoms with Crippen molar-refractivity contribution in [3.8, 4) is 0 Å². The zero-order chi connectivity index (χ0) is 10.2. The van der Waals surface area contributed by atoms with Crippen LogP contribution in [0.15, 0.2) is 17.5 Å². The molecular weight excluding hydrogens is 198 g/mol. The van der Waals surface area contributed by atoms with E-state index in [0.29, 0.717) is 19.8 Å². The summed E-state index contributed by atoms with van der Waals surface area (Å²) in [6, 6.07) is 4.05. The molecule has 0 aromatic carbocycles. The van der Waals surface area contributed by atoms with Gasteiger partial charge in [0.25, 0.3) is 0 Å². The monoisotopic (exact) mass is 215 g/mol. The van der Waals surface area contributed by atoms with Crippen LogP contribution in [-0.4, -0.2) is 26.4 Å². The van der Waals surface area contributed by atoms with Crippen LogP contribution in [0.25, 0.3) is 0 Å². The Bertz CT molecular complexity index is 226. The van der Waals surface area contributed by atoms with Gasteiger partial charge < -0.3 is 15.2 Å². The standard InChI is InChI=1S/C10H17NO2S/c1-2-12-5-6-13-9(8-11)10-4-3-7-14-10/h3-4,7,9H,2,5-6,8,11H2,1H3. The first kappa shape index (κ1) is 11.7. The second-order valence-electron chi connectivity index (χ2n) is 2.81. The summed E-state index contributed by atoms with van der Waals surface area (Å²) in [6.07, 6.45) is 0.0236. The third kappa shape index (κ3) is 3.75. The average molecular weight is 215 g/mol. The second kappa shape index (κ2) is 6.95. The van der Waals surface area contributed by atoms with Crippen LogP contribution >= 0.6 is 11.3 Å². The fourth-order valence-electron chi connectivity index (χ4n) is 1.13. The Kier molecular flexibility index (Phi) is 5.78. The molecule has 0 aliphatic rings. The van der Waals surface area contributed by atoms with E-state index in [1.165, 1.54) is 4.88 Å². The first-order valence-corrected chi connectivity index (χ1v) is 5.69. The Balaban J connectivity index is 2.26. The highest BCUT2D eigenvalue weighted by Gasteiger charge is 2.10. The van der Waals surface area contributed by atoms with Gasteiger partial charge in [0, 0.05) is 18.0 Å². The van der Waals surface area contributed by atoms with Gasteiger partial charge in [0.2, 0.25) is 0 Å². The number of rotatable bonds is 7. The third-order valence-corrected chi connectivity index (χ3v) is 2.79. The summed E-state index contributed by atoms with van der Waals surface area (Å²) in [5.74, 6) is 0. The zero-order valence-corrected chi connectivity index (χ0v) is 9.26. The largest absolute Gasteiger partial charge is 0.379 e. The van der Waals surface area contributed by atoms with Crippen LogP contribution in [0.4, 0.5) is 0 Å². The molecule has 4 heteroatoms. The number of hydrogen-bond acceptors (Lipinski definition) is 4. The van der Waals surface area contributed by atoms with Gasteiger partial charge in [-0.2, -0.15) is 0 Å². The smallest absolute Gasteiger partial charge is 0.104 e. The van der Waals surface area contributed by atoms with Gasteiger partial charge >= 0.3 is 0 Å². The molecule has 1 heterocycles. The summed E-state index contributed by atoms with van der Waals surface area (Å²) < 4.78 is 10.8. The van der Waals surface area contributed by atoms with Crippen LogP contribution in [0.5, 0.6) is 0 Å². The van der Waals surface area contributed by atoms with Crippen molar-refractivity contribution in [1.82, 2.24) is 0 Å². The maximum Gasteiger partial charge on any atom is 0.104 e. The lowest BCUT2D eigenvalue weighted by atomic mass is 10.3. The number of nitrogens with two attached hydrogens (primary N) is 1. The van der Waals surface area contributed by atoms with E-state index in [1.807, 2.05) is 24.4 Å². The molecule has 0 saturated carbocycles. The van der Waals surface area contributed by atoms with E-state index >= 15 is 0 Å².